The van der Waals surface area contributed by atoms with Crippen molar-refractivity contribution in [2.45, 2.75) is 52.1 Å². The summed E-state index contributed by atoms with van der Waals surface area (Å²) in [5.74, 6) is -0.444. The van der Waals surface area contributed by atoms with Crippen LogP contribution in [0.5, 0.6) is 0 Å². The van der Waals surface area contributed by atoms with E-state index in [0.29, 0.717) is 37.9 Å². The highest BCUT2D eigenvalue weighted by molar-refractivity contribution is 5.99. The third kappa shape index (κ3) is 5.18. The minimum absolute atomic E-state index is 0.0876. The molecule has 1 fully saturated rings. The maximum absolute atomic E-state index is 13.1. The van der Waals surface area contributed by atoms with Gasteiger partial charge < -0.3 is 15.5 Å². The van der Waals surface area contributed by atoms with Gasteiger partial charge in [0.2, 0.25) is 11.8 Å². The molecule has 0 bridgehead atoms. The topological polar surface area (TPSA) is 78.5 Å². The summed E-state index contributed by atoms with van der Waals surface area (Å²) in [5, 5.41) is 5.74. The summed E-state index contributed by atoms with van der Waals surface area (Å²) in [6.45, 7) is 10.2. The van der Waals surface area contributed by atoms with Crippen LogP contribution in [0.15, 0.2) is 30.9 Å². The predicted molar refractivity (Wildman–Crippen MR) is 105 cm³/mol. The van der Waals surface area contributed by atoms with Crippen molar-refractivity contribution in [3.63, 3.8) is 0 Å². The molecule has 6 heteroatoms. The monoisotopic (exact) mass is 371 g/mol. The Morgan fingerprint density at radius 1 is 1.30 bits per heavy atom. The van der Waals surface area contributed by atoms with Crippen molar-refractivity contribution in [2.75, 3.05) is 13.1 Å². The van der Waals surface area contributed by atoms with E-state index in [4.69, 9.17) is 0 Å². The molecule has 2 N–H and O–H groups in total. The molecule has 1 aliphatic rings. The van der Waals surface area contributed by atoms with Gasteiger partial charge in [-0.2, -0.15) is 0 Å². The first kappa shape index (κ1) is 20.7. The van der Waals surface area contributed by atoms with Crippen LogP contribution in [0.4, 0.5) is 0 Å². The van der Waals surface area contributed by atoms with Crippen LogP contribution in [0.1, 0.15) is 47.7 Å². The molecule has 27 heavy (non-hydrogen) atoms. The first-order chi connectivity index (χ1) is 12.9. The van der Waals surface area contributed by atoms with Gasteiger partial charge in [-0.25, -0.2) is 0 Å². The third-order valence-corrected chi connectivity index (χ3v) is 4.77. The average molecular weight is 371 g/mol. The third-order valence-electron chi connectivity index (χ3n) is 4.77. The van der Waals surface area contributed by atoms with E-state index in [0.717, 1.165) is 11.1 Å². The molecule has 0 aliphatic carbocycles. The van der Waals surface area contributed by atoms with Gasteiger partial charge in [0.05, 0.1) is 0 Å². The summed E-state index contributed by atoms with van der Waals surface area (Å²) in [6.07, 6.45) is 3.07. The minimum Gasteiger partial charge on any atom is -0.355 e. The van der Waals surface area contributed by atoms with E-state index in [1.165, 1.54) is 0 Å². The Kier molecular flexibility index (Phi) is 7.16. The molecule has 1 aliphatic heterocycles. The first-order valence-electron chi connectivity index (χ1n) is 9.43. The number of carbonyl (C=O) groups excluding carboxylic acids is 3. The van der Waals surface area contributed by atoms with Crippen LogP contribution in [0, 0.1) is 13.8 Å². The lowest BCUT2D eigenvalue weighted by Crippen LogP contribution is -2.46. The average Bonchev–Trinajstić information content (AvgIpc) is 3.03. The first-order valence-corrected chi connectivity index (χ1v) is 9.43. The van der Waals surface area contributed by atoms with Gasteiger partial charge in [0.1, 0.15) is 6.04 Å². The number of amides is 3. The van der Waals surface area contributed by atoms with Crippen molar-refractivity contribution >= 4 is 17.7 Å². The van der Waals surface area contributed by atoms with Crippen LogP contribution >= 0.6 is 0 Å². The highest BCUT2D eigenvalue weighted by Gasteiger charge is 2.40. The Bertz CT molecular complexity index is 729. The Labute approximate surface area is 161 Å². The Morgan fingerprint density at radius 3 is 2.67 bits per heavy atom. The molecule has 0 saturated carbocycles. The largest absolute Gasteiger partial charge is 0.355 e. The van der Waals surface area contributed by atoms with Crippen LogP contribution in [0.25, 0.3) is 0 Å². The Hall–Kier alpha value is -2.63. The number of likely N-dealkylation sites (tertiary alicyclic amines) is 1. The number of likely N-dealkylation sites (N-methyl/N-ethyl adjacent to an activating group) is 1. The summed E-state index contributed by atoms with van der Waals surface area (Å²) < 4.78 is 0. The SMILES string of the molecule is C=CCCC(=O)N[C@H]1C[C@@H](C(=O)NCC)N(C(=O)c2ccc(C)cc2C)C1. The number of carbonyl (C=O) groups is 3. The van der Waals surface area contributed by atoms with Crippen molar-refractivity contribution in [3.8, 4) is 0 Å². The second kappa shape index (κ2) is 9.35. The van der Waals surface area contributed by atoms with Crippen LogP contribution in [0.2, 0.25) is 0 Å². The van der Waals surface area contributed by atoms with Crippen LogP contribution in [0.3, 0.4) is 0 Å². The number of hydrogen-bond acceptors (Lipinski definition) is 3. The fourth-order valence-electron chi connectivity index (χ4n) is 3.45. The van der Waals surface area contributed by atoms with Crippen molar-refractivity contribution in [1.29, 1.82) is 0 Å². The molecule has 1 heterocycles. The highest BCUT2D eigenvalue weighted by Crippen LogP contribution is 2.23. The number of hydrogen-bond donors (Lipinski definition) is 2. The molecule has 2 atom stereocenters. The maximum atomic E-state index is 13.1. The molecule has 1 saturated heterocycles. The van der Waals surface area contributed by atoms with Gasteiger partial charge in [-0.05, 0) is 45.2 Å². The molecule has 6 nitrogen and oxygen atoms in total. The second-order valence-corrected chi connectivity index (χ2v) is 7.01. The van der Waals surface area contributed by atoms with E-state index in [9.17, 15) is 14.4 Å². The van der Waals surface area contributed by atoms with Crippen LogP contribution in [-0.4, -0.2) is 47.8 Å². The van der Waals surface area contributed by atoms with Crippen molar-refractivity contribution in [2.24, 2.45) is 0 Å². The van der Waals surface area contributed by atoms with Gasteiger partial charge >= 0.3 is 0 Å². The lowest BCUT2D eigenvalue weighted by Gasteiger charge is -2.24. The quantitative estimate of drug-likeness (QED) is 0.721. The van der Waals surface area contributed by atoms with E-state index in [2.05, 4.69) is 17.2 Å². The molecular weight excluding hydrogens is 342 g/mol. The van der Waals surface area contributed by atoms with Gasteiger partial charge in [0.25, 0.3) is 5.91 Å². The molecule has 0 spiro atoms. The smallest absolute Gasteiger partial charge is 0.254 e. The molecule has 146 valence electrons. The van der Waals surface area contributed by atoms with E-state index >= 15 is 0 Å². The zero-order valence-corrected chi connectivity index (χ0v) is 16.4. The maximum Gasteiger partial charge on any atom is 0.254 e. The molecule has 2 rings (SSSR count). The number of benzene rings is 1. The predicted octanol–water partition coefficient (Wildman–Crippen LogP) is 2.11. The Balaban J connectivity index is 2.19. The molecule has 3 amide bonds. The number of nitrogens with one attached hydrogen (secondary N) is 2. The fraction of sp³-hybridized carbons (Fsp3) is 0.476. The Morgan fingerprint density at radius 2 is 2.04 bits per heavy atom. The highest BCUT2D eigenvalue weighted by atomic mass is 16.2. The van der Waals surface area contributed by atoms with E-state index in [-0.39, 0.29) is 23.8 Å². The van der Waals surface area contributed by atoms with Gasteiger partial charge in [-0.15, -0.1) is 6.58 Å². The molecule has 1 aromatic carbocycles. The zero-order valence-electron chi connectivity index (χ0n) is 16.4. The molecule has 1 aromatic rings. The number of allylic oxidation sites excluding steroid dienone is 1. The van der Waals surface area contributed by atoms with Crippen molar-refractivity contribution in [1.82, 2.24) is 15.5 Å². The summed E-state index contributed by atoms with van der Waals surface area (Å²) in [6, 6.07) is 4.84. The summed E-state index contributed by atoms with van der Waals surface area (Å²) in [5.41, 5.74) is 2.56. The normalized spacial score (nSPS) is 18.9. The van der Waals surface area contributed by atoms with Crippen molar-refractivity contribution < 1.29 is 14.4 Å². The zero-order chi connectivity index (χ0) is 20.0. The van der Waals surface area contributed by atoms with Crippen LogP contribution in [-0.2, 0) is 9.59 Å². The summed E-state index contributed by atoms with van der Waals surface area (Å²) >= 11 is 0. The fourth-order valence-corrected chi connectivity index (χ4v) is 3.45. The minimum atomic E-state index is -0.581. The molecule has 0 radical (unpaired) electrons. The van der Waals surface area contributed by atoms with Gasteiger partial charge in [-0.1, -0.05) is 23.8 Å². The van der Waals surface area contributed by atoms with Gasteiger partial charge in [-0.3, -0.25) is 14.4 Å². The lowest BCUT2D eigenvalue weighted by atomic mass is 10.0. The number of rotatable bonds is 7. The van der Waals surface area contributed by atoms with Crippen LogP contribution < -0.4 is 10.6 Å². The molecule has 0 unspecified atom stereocenters. The number of aryl methyl sites for hydroxylation is 2. The van der Waals surface area contributed by atoms with Crippen molar-refractivity contribution in [3.05, 3.63) is 47.5 Å². The molecule has 0 aromatic heterocycles. The van der Waals surface area contributed by atoms with E-state index in [1.807, 2.05) is 32.9 Å². The summed E-state index contributed by atoms with van der Waals surface area (Å²) in [4.78, 5) is 39.2. The van der Waals surface area contributed by atoms with Gasteiger partial charge in [0.15, 0.2) is 0 Å². The second-order valence-electron chi connectivity index (χ2n) is 7.01. The number of nitrogens with zero attached hydrogens (tertiary/aromatic N) is 1. The standard InChI is InChI=1S/C21H29N3O3/c1-5-7-8-19(25)23-16-12-18(20(26)22-6-2)24(13-16)21(27)17-10-9-14(3)11-15(17)4/h5,9-11,16,18H,1,6-8,12-13H2,2-4H3,(H,22,26)(H,23,25)/t16-,18-/m0/s1. The molecular formula is C21H29N3O3. The van der Waals surface area contributed by atoms with E-state index in [1.54, 1.807) is 17.0 Å². The summed E-state index contributed by atoms with van der Waals surface area (Å²) in [7, 11) is 0. The lowest BCUT2D eigenvalue weighted by molar-refractivity contribution is -0.125. The van der Waals surface area contributed by atoms with Gasteiger partial charge in [0, 0.05) is 31.1 Å². The van der Waals surface area contributed by atoms with E-state index < -0.39 is 6.04 Å².